The molecular weight excluding hydrogens is 274 g/mol. The molecule has 1 aromatic carbocycles. The zero-order valence-corrected chi connectivity index (χ0v) is 13.7. The minimum atomic E-state index is -3.18. The highest BCUT2D eigenvalue weighted by Gasteiger charge is 2.31. The maximum atomic E-state index is 11.4. The molecule has 0 heterocycles. The first-order valence-electron chi connectivity index (χ1n) is 6.78. The average molecular weight is 299 g/mol. The van der Waals surface area contributed by atoms with E-state index >= 15 is 0 Å². The van der Waals surface area contributed by atoms with Gasteiger partial charge in [0.25, 0.3) is 0 Å². The van der Waals surface area contributed by atoms with Gasteiger partial charge in [0.15, 0.2) is 9.84 Å². The molecule has 0 fully saturated rings. The van der Waals surface area contributed by atoms with Crippen LogP contribution in [-0.2, 0) is 9.84 Å². The van der Waals surface area contributed by atoms with Crippen LogP contribution >= 0.6 is 0 Å². The molecule has 0 radical (unpaired) electrons. The highest BCUT2D eigenvalue weighted by atomic mass is 32.2. The molecule has 4 nitrogen and oxygen atoms in total. The van der Waals surface area contributed by atoms with Gasteiger partial charge in [-0.15, -0.1) is 0 Å². The van der Waals surface area contributed by atoms with E-state index < -0.39 is 9.84 Å². The summed E-state index contributed by atoms with van der Waals surface area (Å²) in [6.07, 6.45) is 1.88. The smallest absolute Gasteiger partial charge is 0.175 e. The van der Waals surface area contributed by atoms with E-state index in [9.17, 15) is 8.42 Å². The van der Waals surface area contributed by atoms with Gasteiger partial charge in [-0.1, -0.05) is 27.7 Å². The van der Waals surface area contributed by atoms with Crippen molar-refractivity contribution >= 4 is 9.84 Å². The summed E-state index contributed by atoms with van der Waals surface area (Å²) < 4.78 is 28.8. The Balaban J connectivity index is 2.96. The normalized spacial score (nSPS) is 15.7. The Morgan fingerprint density at radius 2 is 1.70 bits per heavy atom. The molecular formula is C15H25NO3S. The monoisotopic (exact) mass is 299 g/mol. The molecule has 20 heavy (non-hydrogen) atoms. The third kappa shape index (κ3) is 4.49. The van der Waals surface area contributed by atoms with Gasteiger partial charge in [-0.25, -0.2) is 8.42 Å². The first-order valence-corrected chi connectivity index (χ1v) is 8.67. The molecule has 0 saturated heterocycles. The fraction of sp³-hybridized carbons (Fsp3) is 0.600. The third-order valence-corrected chi connectivity index (χ3v) is 4.36. The SMILES string of the molecule is CCC(N)C(Oc1ccc(S(C)(=O)=O)cc1)C(C)(C)C. The Kier molecular flexibility index (Phi) is 5.21. The van der Waals surface area contributed by atoms with Crippen molar-refractivity contribution in [3.05, 3.63) is 24.3 Å². The largest absolute Gasteiger partial charge is 0.488 e. The van der Waals surface area contributed by atoms with Crippen molar-refractivity contribution in [2.75, 3.05) is 6.26 Å². The van der Waals surface area contributed by atoms with Crippen LogP contribution in [0.1, 0.15) is 34.1 Å². The highest BCUT2D eigenvalue weighted by molar-refractivity contribution is 7.90. The van der Waals surface area contributed by atoms with Crippen LogP contribution in [0, 0.1) is 5.41 Å². The van der Waals surface area contributed by atoms with E-state index in [4.69, 9.17) is 10.5 Å². The molecule has 2 unspecified atom stereocenters. The summed E-state index contributed by atoms with van der Waals surface area (Å²) in [6.45, 7) is 8.27. The average Bonchev–Trinajstić information content (AvgIpc) is 2.33. The molecule has 0 saturated carbocycles. The Morgan fingerprint density at radius 3 is 2.05 bits per heavy atom. The van der Waals surface area contributed by atoms with Crippen molar-refractivity contribution in [1.29, 1.82) is 0 Å². The molecule has 1 aromatic rings. The third-order valence-electron chi connectivity index (χ3n) is 3.23. The lowest BCUT2D eigenvalue weighted by Crippen LogP contribution is -2.47. The fourth-order valence-electron chi connectivity index (χ4n) is 2.03. The molecule has 0 aliphatic rings. The maximum Gasteiger partial charge on any atom is 0.175 e. The molecule has 1 rings (SSSR count). The van der Waals surface area contributed by atoms with Gasteiger partial charge in [-0.3, -0.25) is 0 Å². The van der Waals surface area contributed by atoms with Crippen molar-refractivity contribution in [3.8, 4) is 5.75 Å². The molecule has 0 bridgehead atoms. The van der Waals surface area contributed by atoms with E-state index in [0.29, 0.717) is 5.75 Å². The van der Waals surface area contributed by atoms with Gasteiger partial charge in [0.05, 0.1) is 4.90 Å². The van der Waals surface area contributed by atoms with Gasteiger partial charge in [0.1, 0.15) is 11.9 Å². The Morgan fingerprint density at radius 1 is 1.20 bits per heavy atom. The van der Waals surface area contributed by atoms with Gasteiger partial charge in [-0.2, -0.15) is 0 Å². The zero-order chi connectivity index (χ0) is 15.6. The molecule has 0 aromatic heterocycles. The quantitative estimate of drug-likeness (QED) is 0.907. The van der Waals surface area contributed by atoms with Crippen LogP contribution in [0.15, 0.2) is 29.2 Å². The van der Waals surface area contributed by atoms with Gasteiger partial charge in [-0.05, 0) is 30.7 Å². The molecule has 0 amide bonds. The molecule has 5 heteroatoms. The van der Waals surface area contributed by atoms with E-state index in [1.807, 2.05) is 6.92 Å². The zero-order valence-electron chi connectivity index (χ0n) is 12.9. The first kappa shape index (κ1) is 17.0. The molecule has 0 aliphatic carbocycles. The summed E-state index contributed by atoms with van der Waals surface area (Å²) in [5.41, 5.74) is 6.04. The lowest BCUT2D eigenvalue weighted by atomic mass is 9.84. The minimum Gasteiger partial charge on any atom is -0.488 e. The number of hydrogen-bond donors (Lipinski definition) is 1. The standard InChI is InChI=1S/C15H25NO3S/c1-6-13(16)14(15(2,3)4)19-11-7-9-12(10-8-11)20(5,17)18/h7-10,13-14H,6,16H2,1-5H3. The van der Waals surface area contributed by atoms with Crippen LogP contribution in [0.4, 0.5) is 0 Å². The molecule has 114 valence electrons. The van der Waals surface area contributed by atoms with Gasteiger partial charge in [0.2, 0.25) is 0 Å². The molecule has 0 aliphatic heterocycles. The number of hydrogen-bond acceptors (Lipinski definition) is 4. The predicted molar refractivity (Wildman–Crippen MR) is 81.7 cm³/mol. The van der Waals surface area contributed by atoms with Crippen molar-refractivity contribution in [1.82, 2.24) is 0 Å². The van der Waals surface area contributed by atoms with E-state index in [-0.39, 0.29) is 22.5 Å². The molecule has 2 atom stereocenters. The van der Waals surface area contributed by atoms with Gasteiger partial charge in [0, 0.05) is 17.7 Å². The Bertz CT molecular complexity index is 529. The lowest BCUT2D eigenvalue weighted by molar-refractivity contribution is 0.0621. The lowest BCUT2D eigenvalue weighted by Gasteiger charge is -2.35. The van der Waals surface area contributed by atoms with E-state index in [0.717, 1.165) is 6.42 Å². The fourth-order valence-corrected chi connectivity index (χ4v) is 2.66. The van der Waals surface area contributed by atoms with Crippen LogP contribution in [0.5, 0.6) is 5.75 Å². The minimum absolute atomic E-state index is 0.0652. The van der Waals surface area contributed by atoms with Crippen molar-refractivity contribution in [2.24, 2.45) is 11.1 Å². The molecule has 0 spiro atoms. The van der Waals surface area contributed by atoms with Crippen LogP contribution in [0.25, 0.3) is 0 Å². The van der Waals surface area contributed by atoms with Crippen LogP contribution in [-0.4, -0.2) is 26.8 Å². The van der Waals surface area contributed by atoms with Crippen molar-refractivity contribution in [3.63, 3.8) is 0 Å². The second-order valence-corrected chi connectivity index (χ2v) is 8.24. The first-order chi connectivity index (χ1) is 9.05. The summed E-state index contributed by atoms with van der Waals surface area (Å²) in [5.74, 6) is 0.640. The summed E-state index contributed by atoms with van der Waals surface area (Å²) in [4.78, 5) is 0.289. The summed E-state index contributed by atoms with van der Waals surface area (Å²) in [6, 6.07) is 6.41. The second-order valence-electron chi connectivity index (χ2n) is 6.22. The van der Waals surface area contributed by atoms with E-state index in [2.05, 4.69) is 20.8 Å². The summed E-state index contributed by atoms with van der Waals surface area (Å²) in [5, 5.41) is 0. The van der Waals surface area contributed by atoms with Crippen LogP contribution in [0.3, 0.4) is 0 Å². The van der Waals surface area contributed by atoms with Crippen LogP contribution < -0.4 is 10.5 Å². The number of benzene rings is 1. The van der Waals surface area contributed by atoms with Crippen molar-refractivity contribution in [2.45, 2.75) is 51.2 Å². The number of nitrogens with two attached hydrogens (primary N) is 1. The molecule has 2 N–H and O–H groups in total. The highest BCUT2D eigenvalue weighted by Crippen LogP contribution is 2.28. The van der Waals surface area contributed by atoms with Crippen molar-refractivity contribution < 1.29 is 13.2 Å². The maximum absolute atomic E-state index is 11.4. The predicted octanol–water partition coefficient (Wildman–Crippen LogP) is 2.62. The Labute approximate surface area is 122 Å². The van der Waals surface area contributed by atoms with Gasteiger partial charge >= 0.3 is 0 Å². The number of rotatable bonds is 5. The summed E-state index contributed by atoms with van der Waals surface area (Å²) >= 11 is 0. The number of sulfone groups is 1. The second kappa shape index (κ2) is 6.14. The Hall–Kier alpha value is -1.07. The topological polar surface area (TPSA) is 69.4 Å². The summed E-state index contributed by atoms with van der Waals surface area (Å²) in [7, 11) is -3.18. The van der Waals surface area contributed by atoms with E-state index in [1.165, 1.54) is 6.26 Å². The number of ether oxygens (including phenoxy) is 1. The van der Waals surface area contributed by atoms with Gasteiger partial charge < -0.3 is 10.5 Å². The van der Waals surface area contributed by atoms with E-state index in [1.54, 1.807) is 24.3 Å². The van der Waals surface area contributed by atoms with Crippen LogP contribution in [0.2, 0.25) is 0 Å².